The molecular weight excluding hydrogens is 248 g/mol. The summed E-state index contributed by atoms with van der Waals surface area (Å²) in [6.45, 7) is 1.92. The molecule has 7 heteroatoms. The van der Waals surface area contributed by atoms with Crippen molar-refractivity contribution in [3.63, 3.8) is 0 Å². The molecule has 0 bridgehead atoms. The van der Waals surface area contributed by atoms with Crippen molar-refractivity contribution < 1.29 is 14.6 Å². The molecule has 0 unspecified atom stereocenters. The van der Waals surface area contributed by atoms with Gasteiger partial charge < -0.3 is 9.84 Å². The van der Waals surface area contributed by atoms with E-state index >= 15 is 0 Å². The minimum absolute atomic E-state index is 0.132. The molecule has 1 aromatic heterocycles. The number of nitrogens with zero attached hydrogens (tertiary/aromatic N) is 4. The highest BCUT2D eigenvalue weighted by Gasteiger charge is 2.10. The lowest BCUT2D eigenvalue weighted by atomic mass is 10.2. The van der Waals surface area contributed by atoms with Crippen molar-refractivity contribution in [2.24, 2.45) is 0 Å². The zero-order valence-corrected chi connectivity index (χ0v) is 10.5. The van der Waals surface area contributed by atoms with E-state index in [-0.39, 0.29) is 13.2 Å². The Hall–Kier alpha value is -2.44. The highest BCUT2D eigenvalue weighted by atomic mass is 16.5. The van der Waals surface area contributed by atoms with Gasteiger partial charge >= 0.3 is 5.97 Å². The number of carbonyl (C=O) groups is 1. The largest absolute Gasteiger partial charge is 0.486 e. The maximum absolute atomic E-state index is 10.6. The monoisotopic (exact) mass is 262 g/mol. The fourth-order valence-electron chi connectivity index (χ4n) is 1.58. The molecule has 0 atom stereocenters. The molecule has 2 rings (SSSR count). The van der Waals surface area contributed by atoms with Crippen LogP contribution in [0, 0.1) is 0 Å². The summed E-state index contributed by atoms with van der Waals surface area (Å²) < 4.78 is 6.76. The summed E-state index contributed by atoms with van der Waals surface area (Å²) in [5.41, 5.74) is 1.17. The number of hydrogen-bond acceptors (Lipinski definition) is 5. The second kappa shape index (κ2) is 5.94. The molecule has 0 saturated carbocycles. The van der Waals surface area contributed by atoms with Crippen LogP contribution in [0.4, 0.5) is 0 Å². The Morgan fingerprint density at radius 1 is 1.47 bits per heavy atom. The first-order valence-corrected chi connectivity index (χ1v) is 5.87. The summed E-state index contributed by atoms with van der Waals surface area (Å²) in [5.74, 6) is 0.0926. The Labute approximate surface area is 109 Å². The number of ether oxygens (including phenoxy) is 1. The van der Waals surface area contributed by atoms with Crippen molar-refractivity contribution in [3.05, 3.63) is 35.7 Å². The number of aryl methyl sites for hydroxylation is 1. The lowest BCUT2D eigenvalue weighted by Crippen LogP contribution is -2.15. The van der Waals surface area contributed by atoms with Crippen LogP contribution in [0.3, 0.4) is 0 Å². The van der Waals surface area contributed by atoms with Gasteiger partial charge in [-0.05, 0) is 34.5 Å². The van der Waals surface area contributed by atoms with E-state index in [0.717, 1.165) is 6.42 Å². The number of carboxylic acids is 1. The number of aliphatic carboxylic acids is 1. The van der Waals surface area contributed by atoms with Crippen molar-refractivity contribution in [1.29, 1.82) is 0 Å². The summed E-state index contributed by atoms with van der Waals surface area (Å²) in [4.78, 5) is 10.6. The molecule has 0 radical (unpaired) electrons. The molecule has 0 saturated heterocycles. The molecule has 0 aliphatic carbocycles. The maximum atomic E-state index is 10.6. The maximum Gasteiger partial charge on any atom is 0.325 e. The van der Waals surface area contributed by atoms with Crippen LogP contribution in [-0.4, -0.2) is 31.3 Å². The van der Waals surface area contributed by atoms with Gasteiger partial charge in [0.25, 0.3) is 0 Å². The van der Waals surface area contributed by atoms with E-state index in [0.29, 0.717) is 11.6 Å². The number of tetrazole rings is 1. The van der Waals surface area contributed by atoms with E-state index in [2.05, 4.69) is 22.4 Å². The van der Waals surface area contributed by atoms with E-state index in [4.69, 9.17) is 9.84 Å². The van der Waals surface area contributed by atoms with Crippen molar-refractivity contribution in [2.45, 2.75) is 26.5 Å². The van der Waals surface area contributed by atoms with Crippen LogP contribution in [-0.2, 0) is 24.4 Å². The van der Waals surface area contributed by atoms with Crippen LogP contribution < -0.4 is 4.74 Å². The third-order valence-corrected chi connectivity index (χ3v) is 2.57. The number of benzene rings is 1. The van der Waals surface area contributed by atoms with Gasteiger partial charge in [0.1, 0.15) is 18.9 Å². The number of carboxylic acid groups (broad SMARTS) is 1. The highest BCUT2D eigenvalue weighted by molar-refractivity contribution is 5.66. The third kappa shape index (κ3) is 3.51. The highest BCUT2D eigenvalue weighted by Crippen LogP contribution is 2.14. The molecule has 0 aliphatic heterocycles. The first kappa shape index (κ1) is 13.0. The average Bonchev–Trinajstić information content (AvgIpc) is 2.83. The van der Waals surface area contributed by atoms with Crippen molar-refractivity contribution in [2.75, 3.05) is 0 Å². The zero-order valence-electron chi connectivity index (χ0n) is 10.5. The second-order valence-corrected chi connectivity index (χ2v) is 3.94. The van der Waals surface area contributed by atoms with Gasteiger partial charge in [-0.1, -0.05) is 19.1 Å². The first-order chi connectivity index (χ1) is 9.19. The van der Waals surface area contributed by atoms with Gasteiger partial charge in [-0.3, -0.25) is 4.79 Å². The normalized spacial score (nSPS) is 10.4. The summed E-state index contributed by atoms with van der Waals surface area (Å²) in [7, 11) is 0. The third-order valence-electron chi connectivity index (χ3n) is 2.57. The van der Waals surface area contributed by atoms with Gasteiger partial charge in [0.15, 0.2) is 5.82 Å². The molecule has 2 aromatic rings. The van der Waals surface area contributed by atoms with Crippen molar-refractivity contribution >= 4 is 5.97 Å². The minimum Gasteiger partial charge on any atom is -0.486 e. The molecule has 0 fully saturated rings. The summed E-state index contributed by atoms with van der Waals surface area (Å²) >= 11 is 0. The van der Waals surface area contributed by atoms with Gasteiger partial charge in [-0.25, -0.2) is 4.68 Å². The van der Waals surface area contributed by atoms with Crippen LogP contribution >= 0.6 is 0 Å². The fourth-order valence-corrected chi connectivity index (χ4v) is 1.58. The second-order valence-electron chi connectivity index (χ2n) is 3.94. The molecule has 1 N–H and O–H groups in total. The lowest BCUT2D eigenvalue weighted by molar-refractivity contribution is -0.138. The minimum atomic E-state index is -0.999. The van der Waals surface area contributed by atoms with Crippen molar-refractivity contribution in [3.8, 4) is 5.75 Å². The molecule has 0 aliphatic rings. The first-order valence-electron chi connectivity index (χ1n) is 5.87. The molecule has 0 amide bonds. The average molecular weight is 262 g/mol. The van der Waals surface area contributed by atoms with Gasteiger partial charge in [0.05, 0.1) is 0 Å². The smallest absolute Gasteiger partial charge is 0.325 e. The molecule has 1 heterocycles. The predicted molar refractivity (Wildman–Crippen MR) is 65.6 cm³/mol. The predicted octanol–water partition coefficient (Wildman–Crippen LogP) is 0.899. The SMILES string of the molecule is CCc1cccc(OCc2nnnn2CC(=O)O)c1. The van der Waals surface area contributed by atoms with Crippen LogP contribution in [0.1, 0.15) is 18.3 Å². The molecule has 100 valence electrons. The topological polar surface area (TPSA) is 90.1 Å². The number of hydrogen-bond donors (Lipinski definition) is 1. The summed E-state index contributed by atoms with van der Waals surface area (Å²) in [6, 6.07) is 7.70. The molecule has 0 spiro atoms. The van der Waals surface area contributed by atoms with Crippen molar-refractivity contribution in [1.82, 2.24) is 20.2 Å². The molecular formula is C12H14N4O3. The van der Waals surface area contributed by atoms with Gasteiger partial charge in [-0.2, -0.15) is 0 Å². The standard InChI is InChI=1S/C12H14N4O3/c1-2-9-4-3-5-10(6-9)19-8-11-13-14-15-16(11)7-12(17)18/h3-6H,2,7-8H2,1H3,(H,17,18). The summed E-state index contributed by atoms with van der Waals surface area (Å²) in [5, 5.41) is 19.5. The van der Waals surface area contributed by atoms with Crippen LogP contribution in [0.2, 0.25) is 0 Å². The van der Waals surface area contributed by atoms with E-state index in [1.165, 1.54) is 10.2 Å². The zero-order chi connectivity index (χ0) is 13.7. The lowest BCUT2D eigenvalue weighted by Gasteiger charge is -2.06. The number of rotatable bonds is 6. The van der Waals surface area contributed by atoms with Gasteiger partial charge in [0, 0.05) is 0 Å². The van der Waals surface area contributed by atoms with Crippen LogP contribution in [0.15, 0.2) is 24.3 Å². The van der Waals surface area contributed by atoms with E-state index < -0.39 is 5.97 Å². The van der Waals surface area contributed by atoms with Crippen LogP contribution in [0.5, 0.6) is 5.75 Å². The Balaban J connectivity index is 2.02. The van der Waals surface area contributed by atoms with E-state index in [1.807, 2.05) is 24.3 Å². The van der Waals surface area contributed by atoms with Gasteiger partial charge in [0.2, 0.25) is 0 Å². The Morgan fingerprint density at radius 3 is 3.05 bits per heavy atom. The van der Waals surface area contributed by atoms with Crippen LogP contribution in [0.25, 0.3) is 0 Å². The Morgan fingerprint density at radius 2 is 2.32 bits per heavy atom. The van der Waals surface area contributed by atoms with Gasteiger partial charge in [-0.15, -0.1) is 5.10 Å². The van der Waals surface area contributed by atoms with E-state index in [9.17, 15) is 4.79 Å². The Kier molecular flexibility index (Phi) is 4.07. The molecule has 19 heavy (non-hydrogen) atoms. The Bertz CT molecular complexity index is 568. The molecule has 1 aromatic carbocycles. The van der Waals surface area contributed by atoms with E-state index in [1.54, 1.807) is 0 Å². The fraction of sp³-hybridized carbons (Fsp3) is 0.333. The summed E-state index contributed by atoms with van der Waals surface area (Å²) in [6.07, 6.45) is 0.925. The number of aromatic nitrogens is 4. The quantitative estimate of drug-likeness (QED) is 0.831. The molecule has 7 nitrogen and oxygen atoms in total.